The smallest absolute Gasteiger partial charge is 0.376 e. The number of fused-ring (bicyclic) bond motifs is 3. The number of aliphatic hydroxyl groups is 1. The summed E-state index contributed by atoms with van der Waals surface area (Å²) in [5, 5.41) is 10.0. The van der Waals surface area contributed by atoms with Crippen LogP contribution in [0.4, 0.5) is 17.6 Å². The standard InChI is InChI=1S/C21H21F4NO3S/c1-19(27,21(23,24)25)13-3-9-16-12(10-13)2-8-17-18(11-26)20(16,17)30(28,29)15-6-4-14(22)5-7-15/h3-7,9-10,17-18,27H,2,8,11,26H2,1H3. The Morgan fingerprint density at radius 3 is 2.37 bits per heavy atom. The summed E-state index contributed by atoms with van der Waals surface area (Å²) in [4.78, 5) is -0.0518. The van der Waals surface area contributed by atoms with Crippen LogP contribution in [0.5, 0.6) is 0 Å². The van der Waals surface area contributed by atoms with Crippen molar-refractivity contribution in [1.82, 2.24) is 0 Å². The van der Waals surface area contributed by atoms with Crippen molar-refractivity contribution < 1.29 is 31.1 Å². The zero-order valence-corrected chi connectivity index (χ0v) is 16.9. The van der Waals surface area contributed by atoms with Gasteiger partial charge in [0.1, 0.15) is 10.6 Å². The second-order valence-electron chi connectivity index (χ2n) is 8.18. The third-order valence-electron chi connectivity index (χ3n) is 6.67. The van der Waals surface area contributed by atoms with E-state index < -0.39 is 32.2 Å². The van der Waals surface area contributed by atoms with Gasteiger partial charge >= 0.3 is 6.18 Å². The molecule has 2 aliphatic carbocycles. The molecule has 1 fully saturated rings. The summed E-state index contributed by atoms with van der Waals surface area (Å²) in [6.07, 6.45) is -4.04. The lowest BCUT2D eigenvalue weighted by Gasteiger charge is -2.31. The van der Waals surface area contributed by atoms with E-state index in [0.29, 0.717) is 30.9 Å². The Kier molecular flexibility index (Phi) is 4.62. The molecule has 162 valence electrons. The molecule has 4 rings (SSSR count). The highest BCUT2D eigenvalue weighted by Crippen LogP contribution is 2.69. The molecule has 0 aromatic heterocycles. The van der Waals surface area contributed by atoms with Crippen LogP contribution >= 0.6 is 0 Å². The second kappa shape index (κ2) is 6.51. The number of alkyl halides is 3. The maximum absolute atomic E-state index is 13.6. The van der Waals surface area contributed by atoms with Gasteiger partial charge in [-0.05, 0) is 73.2 Å². The largest absolute Gasteiger partial charge is 0.421 e. The SMILES string of the molecule is CC(O)(c1ccc2c(c1)CCC1C(CN)C21S(=O)(=O)c1ccc(F)cc1)C(F)(F)F. The van der Waals surface area contributed by atoms with Crippen LogP contribution in [-0.2, 0) is 26.6 Å². The van der Waals surface area contributed by atoms with Crippen LogP contribution in [-0.4, -0.2) is 26.2 Å². The first-order chi connectivity index (χ1) is 13.9. The molecular weight excluding hydrogens is 422 g/mol. The molecule has 4 atom stereocenters. The van der Waals surface area contributed by atoms with Gasteiger partial charge in [0.25, 0.3) is 0 Å². The molecular formula is C21H21F4NO3S. The Bertz CT molecular complexity index is 1090. The molecule has 0 aliphatic heterocycles. The molecule has 2 aliphatic rings. The van der Waals surface area contributed by atoms with Crippen molar-refractivity contribution in [2.24, 2.45) is 17.6 Å². The summed E-state index contributed by atoms with van der Waals surface area (Å²) in [5.41, 5.74) is 3.35. The monoisotopic (exact) mass is 443 g/mol. The first-order valence-electron chi connectivity index (χ1n) is 9.52. The van der Waals surface area contributed by atoms with Gasteiger partial charge in [-0.2, -0.15) is 13.2 Å². The van der Waals surface area contributed by atoms with Crippen molar-refractivity contribution >= 4 is 9.84 Å². The lowest BCUT2D eigenvalue weighted by molar-refractivity contribution is -0.258. The van der Waals surface area contributed by atoms with Crippen molar-refractivity contribution in [3.05, 3.63) is 65.0 Å². The molecule has 2 aromatic carbocycles. The summed E-state index contributed by atoms with van der Waals surface area (Å²) >= 11 is 0. The fourth-order valence-electron chi connectivity index (χ4n) is 4.97. The molecule has 4 unspecified atom stereocenters. The first-order valence-corrected chi connectivity index (χ1v) is 11.0. The summed E-state index contributed by atoms with van der Waals surface area (Å²) in [5.74, 6) is -1.22. The van der Waals surface area contributed by atoms with Crippen LogP contribution in [0.2, 0.25) is 0 Å². The van der Waals surface area contributed by atoms with E-state index >= 15 is 0 Å². The summed E-state index contributed by atoms with van der Waals surface area (Å²) in [6, 6.07) is 8.25. The van der Waals surface area contributed by atoms with Crippen LogP contribution in [0, 0.1) is 17.7 Å². The molecule has 0 radical (unpaired) electrons. The zero-order chi connectivity index (χ0) is 22.1. The highest BCUT2D eigenvalue weighted by Gasteiger charge is 2.73. The molecule has 30 heavy (non-hydrogen) atoms. The molecule has 4 nitrogen and oxygen atoms in total. The fraction of sp³-hybridized carbons (Fsp3) is 0.429. The van der Waals surface area contributed by atoms with Crippen molar-refractivity contribution in [2.75, 3.05) is 6.54 Å². The van der Waals surface area contributed by atoms with E-state index in [1.807, 2.05) is 0 Å². The van der Waals surface area contributed by atoms with Gasteiger partial charge in [-0.3, -0.25) is 0 Å². The average Bonchev–Trinajstić information content (AvgIpc) is 3.37. The van der Waals surface area contributed by atoms with Gasteiger partial charge in [0.15, 0.2) is 15.4 Å². The maximum Gasteiger partial charge on any atom is 0.421 e. The van der Waals surface area contributed by atoms with Gasteiger partial charge in [0.2, 0.25) is 0 Å². The maximum atomic E-state index is 13.6. The molecule has 0 spiro atoms. The topological polar surface area (TPSA) is 80.4 Å². The van der Waals surface area contributed by atoms with E-state index in [1.54, 1.807) is 0 Å². The lowest BCUT2D eigenvalue weighted by Crippen LogP contribution is -2.39. The van der Waals surface area contributed by atoms with Crippen LogP contribution in [0.25, 0.3) is 0 Å². The Balaban J connectivity index is 1.88. The number of benzene rings is 2. The normalized spacial score (nSPS) is 27.7. The Labute approximate surface area is 171 Å². The Morgan fingerprint density at radius 1 is 1.17 bits per heavy atom. The predicted molar refractivity (Wildman–Crippen MR) is 102 cm³/mol. The molecule has 0 heterocycles. The van der Waals surface area contributed by atoms with Crippen LogP contribution in [0.3, 0.4) is 0 Å². The Morgan fingerprint density at radius 2 is 1.80 bits per heavy atom. The number of nitrogens with two attached hydrogens (primary N) is 1. The van der Waals surface area contributed by atoms with Crippen LogP contribution in [0.1, 0.15) is 30.0 Å². The molecule has 2 aromatic rings. The minimum Gasteiger partial charge on any atom is -0.376 e. The van der Waals surface area contributed by atoms with Crippen molar-refractivity contribution in [3.8, 4) is 0 Å². The van der Waals surface area contributed by atoms with Crippen LogP contribution < -0.4 is 5.73 Å². The third kappa shape index (κ3) is 2.68. The number of rotatable bonds is 4. The molecule has 1 saturated carbocycles. The molecule has 0 amide bonds. The highest BCUT2D eigenvalue weighted by molar-refractivity contribution is 7.92. The predicted octanol–water partition coefficient (Wildman–Crippen LogP) is 3.42. The fourth-order valence-corrected chi connectivity index (χ4v) is 7.62. The van der Waals surface area contributed by atoms with Gasteiger partial charge in [-0.25, -0.2) is 12.8 Å². The van der Waals surface area contributed by atoms with Gasteiger partial charge in [-0.1, -0.05) is 18.2 Å². The van der Waals surface area contributed by atoms with E-state index in [2.05, 4.69) is 0 Å². The van der Waals surface area contributed by atoms with Crippen LogP contribution in [0.15, 0.2) is 47.4 Å². The van der Waals surface area contributed by atoms with Gasteiger partial charge in [-0.15, -0.1) is 0 Å². The minimum absolute atomic E-state index is 0.0518. The van der Waals surface area contributed by atoms with Gasteiger partial charge in [0.05, 0.1) is 4.90 Å². The molecule has 0 saturated heterocycles. The zero-order valence-electron chi connectivity index (χ0n) is 16.1. The number of hydrogen-bond donors (Lipinski definition) is 2. The number of aryl methyl sites for hydroxylation is 1. The van der Waals surface area contributed by atoms with Crippen molar-refractivity contribution in [1.29, 1.82) is 0 Å². The molecule has 0 bridgehead atoms. The number of hydrogen-bond acceptors (Lipinski definition) is 4. The Hall–Kier alpha value is -1.97. The number of sulfone groups is 1. The van der Waals surface area contributed by atoms with E-state index in [1.165, 1.54) is 24.3 Å². The van der Waals surface area contributed by atoms with Crippen molar-refractivity contribution in [2.45, 2.75) is 41.2 Å². The molecule has 3 N–H and O–H groups in total. The number of halogens is 4. The quantitative estimate of drug-likeness (QED) is 0.561. The third-order valence-corrected chi connectivity index (χ3v) is 9.27. The average molecular weight is 443 g/mol. The summed E-state index contributed by atoms with van der Waals surface area (Å²) < 4.78 is 79.1. The lowest BCUT2D eigenvalue weighted by atomic mass is 9.86. The summed E-state index contributed by atoms with van der Waals surface area (Å²) in [6.45, 7) is 0.776. The first kappa shape index (κ1) is 21.3. The van der Waals surface area contributed by atoms with Gasteiger partial charge in [0, 0.05) is 5.92 Å². The van der Waals surface area contributed by atoms with Gasteiger partial charge < -0.3 is 10.8 Å². The summed E-state index contributed by atoms with van der Waals surface area (Å²) in [7, 11) is -3.99. The van der Waals surface area contributed by atoms with E-state index in [4.69, 9.17) is 5.73 Å². The van der Waals surface area contributed by atoms with E-state index in [-0.39, 0.29) is 28.8 Å². The van der Waals surface area contributed by atoms with E-state index in [9.17, 15) is 31.1 Å². The van der Waals surface area contributed by atoms with E-state index in [0.717, 1.165) is 18.2 Å². The molecule has 9 heteroatoms. The highest BCUT2D eigenvalue weighted by atomic mass is 32.2. The second-order valence-corrected chi connectivity index (χ2v) is 10.3. The van der Waals surface area contributed by atoms with Crippen molar-refractivity contribution in [3.63, 3.8) is 0 Å². The minimum atomic E-state index is -4.88.